The highest BCUT2D eigenvalue weighted by molar-refractivity contribution is 7.59. The van der Waals surface area contributed by atoms with Crippen molar-refractivity contribution in [2.75, 3.05) is 0 Å². The molecule has 2 rings (SSSR count). The van der Waals surface area contributed by atoms with Crippen LogP contribution in [0.5, 0.6) is 0 Å². The number of nitrogens with one attached hydrogen (secondary N) is 1. The second-order valence-electron chi connectivity index (χ2n) is 2.84. The molecule has 1 aliphatic rings. The maximum Gasteiger partial charge on any atom is 0.425 e. The lowest BCUT2D eigenvalue weighted by atomic mass is 10.1. The molecular weight excluding hydrogens is 232 g/mol. The Morgan fingerprint density at radius 1 is 1.12 bits per heavy atom. The minimum absolute atomic E-state index is 0.0335. The molecule has 1 N–H and O–H groups in total. The average Bonchev–Trinajstić information content (AvgIpc) is 2.65. The van der Waals surface area contributed by atoms with Crippen LogP contribution in [0.3, 0.4) is 0 Å². The predicted molar refractivity (Wildman–Crippen MR) is 55.4 cm³/mol. The molecule has 1 amide bonds. The number of carbonyl (C=O) groups excluding carboxylic acids is 1. The zero-order chi connectivity index (χ0) is 12.0. The molecule has 0 bridgehead atoms. The first-order chi connectivity index (χ1) is 7.59. The van der Waals surface area contributed by atoms with Crippen LogP contribution in [-0.2, 0) is 15.4 Å². The summed E-state index contributed by atoms with van der Waals surface area (Å²) in [7, 11) is -3.11. The van der Waals surface area contributed by atoms with Crippen LogP contribution in [0, 0.1) is 0 Å². The molecule has 6 nitrogen and oxygen atoms in total. The number of carbonyl (C=O) groups is 1. The fourth-order valence-electron chi connectivity index (χ4n) is 1.16. The molecule has 1 aromatic rings. The van der Waals surface area contributed by atoms with Crippen LogP contribution in [0.2, 0.25) is 0 Å². The first kappa shape index (κ1) is 12.1. The Labute approximate surface area is 93.0 Å². The van der Waals surface area contributed by atoms with Crippen LogP contribution in [0.1, 0.15) is 12.0 Å². The first-order valence-corrected chi connectivity index (χ1v) is 5.27. The zero-order valence-electron chi connectivity index (χ0n) is 8.08. The molecule has 1 heterocycles. The van der Waals surface area contributed by atoms with Gasteiger partial charge in [-0.1, -0.05) is 30.3 Å². The van der Waals surface area contributed by atoms with E-state index in [1.807, 2.05) is 30.3 Å². The molecule has 16 heavy (non-hydrogen) atoms. The molecule has 0 saturated carbocycles. The van der Waals surface area contributed by atoms with E-state index >= 15 is 0 Å². The van der Waals surface area contributed by atoms with Crippen molar-refractivity contribution in [3.05, 3.63) is 35.9 Å². The van der Waals surface area contributed by atoms with Gasteiger partial charge in [-0.25, -0.2) is 5.43 Å². The maximum atomic E-state index is 10.8. The van der Waals surface area contributed by atoms with E-state index < -0.39 is 10.6 Å². The molecule has 7 heteroatoms. The molecule has 1 aromatic carbocycles. The molecule has 0 spiro atoms. The van der Waals surface area contributed by atoms with Gasteiger partial charge in [0.1, 0.15) is 0 Å². The summed E-state index contributed by atoms with van der Waals surface area (Å²) in [6.07, 6.45) is 0.393. The molecule has 0 aliphatic carbocycles. The van der Waals surface area contributed by atoms with Crippen molar-refractivity contribution in [2.45, 2.75) is 6.42 Å². The number of nitrogens with zero attached hydrogens (tertiary/aromatic N) is 1. The van der Waals surface area contributed by atoms with Crippen molar-refractivity contribution < 1.29 is 17.4 Å². The molecule has 0 radical (unpaired) electrons. The van der Waals surface area contributed by atoms with E-state index in [2.05, 4.69) is 10.5 Å². The lowest BCUT2D eigenvalue weighted by molar-refractivity contribution is -0.119. The minimum Gasteiger partial charge on any atom is -0.273 e. The van der Waals surface area contributed by atoms with Gasteiger partial charge in [0.2, 0.25) is 5.91 Å². The Morgan fingerprint density at radius 2 is 1.69 bits per heavy atom. The van der Waals surface area contributed by atoms with Crippen LogP contribution in [0.15, 0.2) is 35.4 Å². The van der Waals surface area contributed by atoms with Gasteiger partial charge in [-0.3, -0.25) is 4.79 Å². The molecule has 0 atom stereocenters. The summed E-state index contributed by atoms with van der Waals surface area (Å²) < 4.78 is 25.3. The summed E-state index contributed by atoms with van der Waals surface area (Å²) in [6.45, 7) is 0. The number of benzene rings is 1. The fraction of sp³-hybridized carbons (Fsp3) is 0.111. The Balaban J connectivity index is 0.000000280. The van der Waals surface area contributed by atoms with E-state index in [-0.39, 0.29) is 5.91 Å². The third kappa shape index (κ3) is 4.01. The molecule has 1 aliphatic heterocycles. The van der Waals surface area contributed by atoms with E-state index in [9.17, 15) is 4.79 Å². The fourth-order valence-corrected chi connectivity index (χ4v) is 1.16. The third-order valence-corrected chi connectivity index (χ3v) is 1.75. The number of hydrazone groups is 1. The van der Waals surface area contributed by atoms with Gasteiger partial charge in [-0.15, -0.1) is 12.6 Å². The van der Waals surface area contributed by atoms with Crippen molar-refractivity contribution in [2.24, 2.45) is 5.10 Å². The number of hydrogen-bond donors (Lipinski definition) is 1. The highest BCUT2D eigenvalue weighted by Crippen LogP contribution is 2.07. The number of amides is 1. The van der Waals surface area contributed by atoms with E-state index in [0.717, 1.165) is 11.3 Å². The van der Waals surface area contributed by atoms with Crippen LogP contribution in [0.25, 0.3) is 0 Å². The SMILES string of the molecule is O=C1CC(c2ccccc2)=NN1.O=S(=O)=O. The predicted octanol–water partition coefficient (Wildman–Crippen LogP) is -0.0935. The first-order valence-electron chi connectivity index (χ1n) is 4.27. The lowest BCUT2D eigenvalue weighted by Crippen LogP contribution is -2.09. The van der Waals surface area contributed by atoms with Crippen molar-refractivity contribution in [3.63, 3.8) is 0 Å². The molecule has 0 fully saturated rings. The van der Waals surface area contributed by atoms with Crippen molar-refractivity contribution >= 4 is 22.2 Å². The molecule has 0 saturated heterocycles. The summed E-state index contributed by atoms with van der Waals surface area (Å²) in [5.41, 5.74) is 4.25. The highest BCUT2D eigenvalue weighted by Gasteiger charge is 2.14. The largest absolute Gasteiger partial charge is 0.425 e. The second kappa shape index (κ2) is 5.76. The van der Waals surface area contributed by atoms with Crippen molar-refractivity contribution in [1.29, 1.82) is 0 Å². The molecule has 0 unspecified atom stereocenters. The summed E-state index contributed by atoms with van der Waals surface area (Å²) in [5, 5.41) is 3.90. The number of hydrogen-bond acceptors (Lipinski definition) is 5. The quantitative estimate of drug-likeness (QED) is 0.742. The Hall–Kier alpha value is -2.02. The van der Waals surface area contributed by atoms with Crippen LogP contribution < -0.4 is 5.43 Å². The topological polar surface area (TPSA) is 92.7 Å². The molecule has 84 valence electrons. The van der Waals surface area contributed by atoms with E-state index in [1.54, 1.807) is 0 Å². The van der Waals surface area contributed by atoms with Crippen molar-refractivity contribution in [1.82, 2.24) is 5.43 Å². The van der Waals surface area contributed by atoms with Gasteiger partial charge in [0, 0.05) is 0 Å². The smallest absolute Gasteiger partial charge is 0.273 e. The van der Waals surface area contributed by atoms with Gasteiger partial charge < -0.3 is 0 Å². The van der Waals surface area contributed by atoms with E-state index in [0.29, 0.717) is 6.42 Å². The average molecular weight is 240 g/mol. The zero-order valence-corrected chi connectivity index (χ0v) is 8.90. The minimum atomic E-state index is -3.11. The lowest BCUT2D eigenvalue weighted by Gasteiger charge is -1.94. The standard InChI is InChI=1S/C9H8N2O.O3S/c12-9-6-8(10-11-9)7-4-2-1-3-5-7;1-4(2)3/h1-5H,6H2,(H,11,12);. The van der Waals surface area contributed by atoms with Gasteiger partial charge in [0.25, 0.3) is 0 Å². The summed E-state index contributed by atoms with van der Waals surface area (Å²) in [4.78, 5) is 10.8. The van der Waals surface area contributed by atoms with Gasteiger partial charge in [-0.05, 0) is 5.56 Å². The monoisotopic (exact) mass is 240 g/mol. The summed E-state index contributed by atoms with van der Waals surface area (Å²) >= 11 is 0. The van der Waals surface area contributed by atoms with Gasteiger partial charge in [0.15, 0.2) is 0 Å². The Kier molecular flexibility index (Phi) is 4.34. The van der Waals surface area contributed by atoms with Crippen LogP contribution in [0.4, 0.5) is 0 Å². The van der Waals surface area contributed by atoms with E-state index in [1.165, 1.54) is 0 Å². The maximum absolute atomic E-state index is 10.8. The highest BCUT2D eigenvalue weighted by atomic mass is 32.2. The van der Waals surface area contributed by atoms with Crippen molar-refractivity contribution in [3.8, 4) is 0 Å². The Bertz CT molecular complexity index is 500. The van der Waals surface area contributed by atoms with Gasteiger partial charge in [0.05, 0.1) is 12.1 Å². The van der Waals surface area contributed by atoms with Crippen LogP contribution >= 0.6 is 0 Å². The summed E-state index contributed by atoms with van der Waals surface area (Å²) in [6, 6.07) is 9.69. The molecule has 0 aromatic heterocycles. The number of rotatable bonds is 1. The third-order valence-electron chi connectivity index (χ3n) is 1.75. The molecular formula is C9H8N2O4S. The van der Waals surface area contributed by atoms with Crippen LogP contribution in [-0.4, -0.2) is 24.2 Å². The Morgan fingerprint density at radius 3 is 2.12 bits per heavy atom. The second-order valence-corrected chi connectivity index (χ2v) is 3.25. The van der Waals surface area contributed by atoms with E-state index in [4.69, 9.17) is 12.6 Å². The summed E-state index contributed by atoms with van der Waals surface area (Å²) in [5.74, 6) is -0.0335. The van der Waals surface area contributed by atoms with Gasteiger partial charge in [-0.2, -0.15) is 5.10 Å². The normalized spacial score (nSPS) is 13.2. The van der Waals surface area contributed by atoms with Gasteiger partial charge >= 0.3 is 10.6 Å².